The van der Waals surface area contributed by atoms with Gasteiger partial charge in [-0.15, -0.1) is 0 Å². The molecule has 2 aliphatic carbocycles. The number of carbonyl (C=O) groups excluding carboxylic acids is 1. The molecule has 1 unspecified atom stereocenters. The van der Waals surface area contributed by atoms with Crippen LogP contribution in [0.3, 0.4) is 0 Å². The van der Waals surface area contributed by atoms with Crippen molar-refractivity contribution in [1.29, 1.82) is 0 Å². The van der Waals surface area contributed by atoms with E-state index in [-0.39, 0.29) is 50.8 Å². The van der Waals surface area contributed by atoms with Gasteiger partial charge in [-0.25, -0.2) is 4.98 Å². The number of nitrogens with zero attached hydrogens (tertiary/aromatic N) is 1. The van der Waals surface area contributed by atoms with Crippen LogP contribution < -0.4 is 14.2 Å². The summed E-state index contributed by atoms with van der Waals surface area (Å²) in [6.45, 7) is 13.2. The topological polar surface area (TPSA) is 137 Å². The van der Waals surface area contributed by atoms with Crippen LogP contribution in [0.15, 0.2) is 70.8 Å². The molecular weight excluding hydrogens is 790 g/mol. The van der Waals surface area contributed by atoms with Gasteiger partial charge >= 0.3 is 5.97 Å². The molecule has 4 aromatic rings. The van der Waals surface area contributed by atoms with Crippen LogP contribution in [0.2, 0.25) is 0 Å². The molecule has 1 fully saturated rings. The maximum absolute atomic E-state index is 12.2. The number of aromatic nitrogens is 1. The van der Waals surface area contributed by atoms with Gasteiger partial charge in [0.05, 0.1) is 58.8 Å². The number of hydrogen-bond donors (Lipinski definition) is 3. The van der Waals surface area contributed by atoms with Crippen LogP contribution in [0.4, 0.5) is 0 Å². The van der Waals surface area contributed by atoms with Crippen LogP contribution in [0.1, 0.15) is 65.6 Å². The van der Waals surface area contributed by atoms with Crippen LogP contribution in [-0.4, -0.2) is 79.1 Å². The lowest BCUT2D eigenvalue weighted by atomic mass is 9.93. The molecule has 0 spiro atoms. The molecule has 10 nitrogen and oxygen atoms in total. The maximum atomic E-state index is 12.2. The highest BCUT2D eigenvalue weighted by Gasteiger charge is 2.54. The molecule has 3 aromatic carbocycles. The first-order chi connectivity index (χ1) is 27.3. The number of aryl methyl sites for hydroxylation is 3. The van der Waals surface area contributed by atoms with Crippen LogP contribution in [0, 0.1) is 37.5 Å². The molecule has 6 rings (SSSR count). The second-order valence-corrected chi connectivity index (χ2v) is 16.9. The van der Waals surface area contributed by atoms with Crippen molar-refractivity contribution in [3.05, 3.63) is 110 Å². The molecule has 1 aromatic heterocycles. The molecule has 0 amide bonds. The molecule has 2 aliphatic rings. The zero-order valence-electron chi connectivity index (χ0n) is 33.7. The highest BCUT2D eigenvalue weighted by molar-refractivity contribution is 9.10. The average molecular weight is 845 g/mol. The van der Waals surface area contributed by atoms with Gasteiger partial charge in [0.1, 0.15) is 18.1 Å². The van der Waals surface area contributed by atoms with Gasteiger partial charge < -0.3 is 39.0 Å². The summed E-state index contributed by atoms with van der Waals surface area (Å²) in [5, 5.41) is 29.6. The second-order valence-electron chi connectivity index (χ2n) is 16.1. The lowest BCUT2D eigenvalue weighted by molar-refractivity contribution is -0.144. The van der Waals surface area contributed by atoms with Crippen LogP contribution in [-0.2, 0) is 27.3 Å². The summed E-state index contributed by atoms with van der Waals surface area (Å²) < 4.78 is 30.6. The zero-order chi connectivity index (χ0) is 40.9. The number of ether oxygens (including phenoxy) is 5. The predicted molar refractivity (Wildman–Crippen MR) is 223 cm³/mol. The van der Waals surface area contributed by atoms with Gasteiger partial charge in [0.2, 0.25) is 5.88 Å². The lowest BCUT2D eigenvalue weighted by Gasteiger charge is -2.27. The van der Waals surface area contributed by atoms with Crippen molar-refractivity contribution in [2.75, 3.05) is 52.9 Å². The third-order valence-corrected chi connectivity index (χ3v) is 11.9. The van der Waals surface area contributed by atoms with Gasteiger partial charge in [0, 0.05) is 33.5 Å². The molecule has 3 atom stereocenters. The van der Waals surface area contributed by atoms with Crippen LogP contribution >= 0.6 is 15.9 Å². The Kier molecular flexibility index (Phi) is 13.5. The molecule has 0 bridgehead atoms. The Morgan fingerprint density at radius 3 is 2.19 bits per heavy atom. The van der Waals surface area contributed by atoms with Gasteiger partial charge in [-0.05, 0) is 120 Å². The van der Waals surface area contributed by atoms with Gasteiger partial charge in [0.15, 0.2) is 0 Å². The van der Waals surface area contributed by atoms with E-state index >= 15 is 0 Å². The minimum Gasteiger partial charge on any atom is -0.493 e. The summed E-state index contributed by atoms with van der Waals surface area (Å²) in [7, 11) is 0. The van der Waals surface area contributed by atoms with Gasteiger partial charge in [0.25, 0.3) is 0 Å². The third-order valence-electron chi connectivity index (χ3n) is 10.8. The SMILES string of the molecule is CCOC(=O)[C@H]1C2=Cc3cc(OCc4cccc(-c5c(C)cc(OCC(C)(CO)COCCc6cc(OCC(C)(CO)CO)cc(C)c6Br)cc5C)c4)ncc3[C@@H]21. The first-order valence-electron chi connectivity index (χ1n) is 19.5. The fourth-order valence-corrected chi connectivity index (χ4v) is 7.66. The van der Waals surface area contributed by atoms with Crippen LogP contribution in [0.5, 0.6) is 17.4 Å². The summed E-state index contributed by atoms with van der Waals surface area (Å²) in [6.07, 6.45) is 4.50. The Labute approximate surface area is 343 Å². The quantitative estimate of drug-likeness (QED) is 0.0600. The Bertz CT molecular complexity index is 2090. The Morgan fingerprint density at radius 2 is 1.51 bits per heavy atom. The number of esters is 1. The van der Waals surface area contributed by atoms with Crippen LogP contribution in [0.25, 0.3) is 17.2 Å². The lowest BCUT2D eigenvalue weighted by Crippen LogP contribution is -2.34. The maximum Gasteiger partial charge on any atom is 0.314 e. The number of pyridine rings is 1. The smallest absolute Gasteiger partial charge is 0.314 e. The highest BCUT2D eigenvalue weighted by atomic mass is 79.9. The molecular formula is C46H54BrNO9. The minimum atomic E-state index is -0.730. The molecule has 304 valence electrons. The van der Waals surface area contributed by atoms with Crippen molar-refractivity contribution in [1.82, 2.24) is 4.98 Å². The standard InChI is InChI=1S/C46H54BrNO9/c1-7-54-44(52)42-37-18-34-19-39(48-20-38(34)41(37)42)55-21-31-9-8-10-32(16-31)40-28(2)13-35(14-29(40)3)57-27-46(6,24-51)25-53-12-11-33-17-36(15-30(4)43(33)47)56-26-45(5,22-49)23-50/h8-10,13-20,41-42,49-51H,7,11-12,21-27H2,1-6H3/t41-,42+,46?/m1/s1. The molecule has 0 radical (unpaired) electrons. The van der Waals surface area contributed by atoms with E-state index in [0.29, 0.717) is 44.5 Å². The Hall–Kier alpha value is -4.26. The summed E-state index contributed by atoms with van der Waals surface area (Å²) in [4.78, 5) is 16.8. The summed E-state index contributed by atoms with van der Waals surface area (Å²) in [6, 6.07) is 18.2. The van der Waals surface area contributed by atoms with Crippen molar-refractivity contribution in [2.24, 2.45) is 16.7 Å². The summed E-state index contributed by atoms with van der Waals surface area (Å²) >= 11 is 3.69. The van der Waals surface area contributed by atoms with Crippen molar-refractivity contribution in [3.8, 4) is 28.5 Å². The zero-order valence-corrected chi connectivity index (χ0v) is 35.3. The number of halogens is 1. The van der Waals surface area contributed by atoms with E-state index in [1.54, 1.807) is 6.92 Å². The van der Waals surface area contributed by atoms with Crippen molar-refractivity contribution < 1.29 is 43.8 Å². The number of benzene rings is 3. The Morgan fingerprint density at radius 1 is 0.842 bits per heavy atom. The number of aliphatic hydroxyl groups excluding tert-OH is 3. The van der Waals surface area contributed by atoms with E-state index in [2.05, 4.69) is 53.0 Å². The molecule has 1 saturated carbocycles. The molecule has 0 saturated heterocycles. The Balaban J connectivity index is 1.01. The first kappa shape index (κ1) is 42.3. The van der Waals surface area contributed by atoms with Gasteiger partial charge in [-0.2, -0.15) is 0 Å². The van der Waals surface area contributed by atoms with E-state index in [9.17, 15) is 20.1 Å². The number of fused-ring (bicyclic) bond motifs is 3. The van der Waals surface area contributed by atoms with E-state index < -0.39 is 10.8 Å². The average Bonchev–Trinajstić information content (AvgIpc) is 3.79. The highest BCUT2D eigenvalue weighted by Crippen LogP contribution is 2.60. The minimum absolute atomic E-state index is 0.0878. The number of hydrogen-bond acceptors (Lipinski definition) is 10. The summed E-state index contributed by atoms with van der Waals surface area (Å²) in [5.41, 5.74) is 9.24. The summed E-state index contributed by atoms with van der Waals surface area (Å²) in [5.74, 6) is 1.69. The second kappa shape index (κ2) is 18.1. The van der Waals surface area contributed by atoms with Crippen molar-refractivity contribution in [2.45, 2.75) is 60.5 Å². The van der Waals surface area contributed by atoms with E-state index in [1.165, 1.54) is 0 Å². The fourth-order valence-electron chi connectivity index (χ4n) is 7.23. The molecule has 11 heteroatoms. The molecule has 3 N–H and O–H groups in total. The van der Waals surface area contributed by atoms with Gasteiger partial charge in [-0.3, -0.25) is 4.79 Å². The first-order valence-corrected chi connectivity index (χ1v) is 20.3. The predicted octanol–water partition coefficient (Wildman–Crippen LogP) is 7.70. The number of carbonyl (C=O) groups is 1. The normalized spacial score (nSPS) is 16.6. The number of aliphatic hydroxyl groups is 3. The molecule has 1 heterocycles. The van der Waals surface area contributed by atoms with Crippen molar-refractivity contribution in [3.63, 3.8) is 0 Å². The fraction of sp³-hybridized carbons (Fsp3) is 0.435. The largest absolute Gasteiger partial charge is 0.493 e. The monoisotopic (exact) mass is 843 g/mol. The van der Waals surface area contributed by atoms with Crippen molar-refractivity contribution >= 4 is 28.0 Å². The van der Waals surface area contributed by atoms with E-state index in [1.807, 2.05) is 69.4 Å². The number of rotatable bonds is 20. The third kappa shape index (κ3) is 9.89. The van der Waals surface area contributed by atoms with E-state index in [4.69, 9.17) is 23.7 Å². The van der Waals surface area contributed by atoms with E-state index in [0.717, 1.165) is 65.9 Å². The molecule has 57 heavy (non-hydrogen) atoms. The molecule has 0 aliphatic heterocycles. The van der Waals surface area contributed by atoms with Gasteiger partial charge in [-0.1, -0.05) is 54.1 Å².